The minimum atomic E-state index is 0.214. The molecule has 0 radical (unpaired) electrons. The van der Waals surface area contributed by atoms with Crippen LogP contribution in [0.25, 0.3) is 0 Å². The summed E-state index contributed by atoms with van der Waals surface area (Å²) >= 11 is 0. The monoisotopic (exact) mass is 294 g/mol. The molecule has 0 aliphatic heterocycles. The molecule has 1 unspecified atom stereocenters. The molecule has 0 saturated heterocycles. The van der Waals surface area contributed by atoms with Gasteiger partial charge in [-0.15, -0.1) is 0 Å². The van der Waals surface area contributed by atoms with Crippen LogP contribution in [0.1, 0.15) is 31.0 Å². The molecule has 1 aromatic rings. The number of hydrogen-bond acceptors (Lipinski definition) is 4. The summed E-state index contributed by atoms with van der Waals surface area (Å²) in [4.78, 5) is 2.36. The summed E-state index contributed by atoms with van der Waals surface area (Å²) in [6.45, 7) is 11.4. The topological polar surface area (TPSA) is 47.7 Å². The summed E-state index contributed by atoms with van der Waals surface area (Å²) in [5, 5.41) is 0. The molecule has 0 spiro atoms. The zero-order chi connectivity index (χ0) is 15.5. The maximum Gasteiger partial charge on any atom is 0.0593 e. The Labute approximate surface area is 129 Å². The van der Waals surface area contributed by atoms with Gasteiger partial charge in [0.1, 0.15) is 0 Å². The number of rotatable bonds is 11. The van der Waals surface area contributed by atoms with Crippen LogP contribution in [0.4, 0.5) is 0 Å². The molecule has 120 valence electrons. The Morgan fingerprint density at radius 1 is 1.10 bits per heavy atom. The van der Waals surface area contributed by atoms with Gasteiger partial charge in [-0.2, -0.15) is 0 Å². The predicted octanol–water partition coefficient (Wildman–Crippen LogP) is 2.37. The Bertz CT molecular complexity index is 375. The van der Waals surface area contributed by atoms with Crippen molar-refractivity contribution in [3.8, 4) is 0 Å². The second kappa shape index (κ2) is 10.7. The largest absolute Gasteiger partial charge is 0.380 e. The number of nitrogens with two attached hydrogens (primary N) is 1. The lowest BCUT2D eigenvalue weighted by Crippen LogP contribution is -2.38. The zero-order valence-electron chi connectivity index (χ0n) is 13.7. The maximum absolute atomic E-state index is 6.04. The standard InChI is InChI=1S/C17H30N2O2/c1-4-20-11-9-19(10-12-21-5-2)17(14-18)16-8-6-7-15(3)13-16/h6-8,13,17H,4-5,9-12,14,18H2,1-3H3. The number of nitrogens with zero attached hydrogens (tertiary/aromatic N) is 1. The number of ether oxygens (including phenoxy) is 2. The molecule has 4 nitrogen and oxygen atoms in total. The Morgan fingerprint density at radius 2 is 1.71 bits per heavy atom. The molecule has 0 aliphatic rings. The van der Waals surface area contributed by atoms with Crippen LogP contribution in [-0.4, -0.2) is 51.0 Å². The van der Waals surface area contributed by atoms with E-state index >= 15 is 0 Å². The molecule has 0 aliphatic carbocycles. The van der Waals surface area contributed by atoms with E-state index in [4.69, 9.17) is 15.2 Å². The lowest BCUT2D eigenvalue weighted by atomic mass is 10.0. The van der Waals surface area contributed by atoms with Crippen LogP contribution in [0.3, 0.4) is 0 Å². The minimum absolute atomic E-state index is 0.214. The molecular weight excluding hydrogens is 264 g/mol. The third kappa shape index (κ3) is 6.57. The number of benzene rings is 1. The molecule has 0 heterocycles. The van der Waals surface area contributed by atoms with Gasteiger partial charge in [-0.3, -0.25) is 4.90 Å². The molecule has 21 heavy (non-hydrogen) atoms. The Balaban J connectivity index is 2.75. The van der Waals surface area contributed by atoms with Crippen molar-refractivity contribution in [3.05, 3.63) is 35.4 Å². The lowest BCUT2D eigenvalue weighted by molar-refractivity contribution is 0.0640. The molecule has 0 aromatic heterocycles. The van der Waals surface area contributed by atoms with Gasteiger partial charge in [-0.25, -0.2) is 0 Å². The van der Waals surface area contributed by atoms with Crippen LogP contribution in [0.15, 0.2) is 24.3 Å². The number of hydrogen-bond donors (Lipinski definition) is 1. The van der Waals surface area contributed by atoms with Crippen molar-refractivity contribution >= 4 is 0 Å². The van der Waals surface area contributed by atoms with Crippen molar-refractivity contribution in [2.24, 2.45) is 5.73 Å². The fourth-order valence-electron chi connectivity index (χ4n) is 2.45. The van der Waals surface area contributed by atoms with Crippen LogP contribution in [0.2, 0.25) is 0 Å². The van der Waals surface area contributed by atoms with Crippen molar-refractivity contribution in [3.63, 3.8) is 0 Å². The second-order valence-electron chi connectivity index (χ2n) is 5.10. The van der Waals surface area contributed by atoms with Gasteiger partial charge in [0, 0.05) is 38.9 Å². The van der Waals surface area contributed by atoms with E-state index in [1.165, 1.54) is 11.1 Å². The van der Waals surface area contributed by atoms with Crippen molar-refractivity contribution < 1.29 is 9.47 Å². The summed E-state index contributed by atoms with van der Waals surface area (Å²) < 4.78 is 11.0. The van der Waals surface area contributed by atoms with Gasteiger partial charge in [0.25, 0.3) is 0 Å². The van der Waals surface area contributed by atoms with E-state index in [0.717, 1.165) is 39.5 Å². The van der Waals surface area contributed by atoms with Gasteiger partial charge in [-0.05, 0) is 26.3 Å². The van der Waals surface area contributed by atoms with Gasteiger partial charge in [0.05, 0.1) is 13.2 Å². The highest BCUT2D eigenvalue weighted by molar-refractivity contribution is 5.25. The van der Waals surface area contributed by atoms with Gasteiger partial charge in [-0.1, -0.05) is 29.8 Å². The maximum atomic E-state index is 6.04. The van der Waals surface area contributed by atoms with E-state index in [-0.39, 0.29) is 6.04 Å². The SMILES string of the molecule is CCOCCN(CCOCC)C(CN)c1cccc(C)c1. The molecule has 1 aromatic carbocycles. The van der Waals surface area contributed by atoms with E-state index in [2.05, 4.69) is 36.1 Å². The first kappa shape index (κ1) is 18.1. The van der Waals surface area contributed by atoms with Crippen LogP contribution in [-0.2, 0) is 9.47 Å². The van der Waals surface area contributed by atoms with Crippen molar-refractivity contribution in [2.45, 2.75) is 26.8 Å². The van der Waals surface area contributed by atoms with Gasteiger partial charge < -0.3 is 15.2 Å². The predicted molar refractivity (Wildman–Crippen MR) is 87.5 cm³/mol. The Kier molecular flexibility index (Phi) is 9.26. The molecule has 0 bridgehead atoms. The summed E-state index contributed by atoms with van der Waals surface area (Å²) in [5.74, 6) is 0. The highest BCUT2D eigenvalue weighted by Crippen LogP contribution is 2.20. The molecular formula is C17H30N2O2. The number of aryl methyl sites for hydroxylation is 1. The Morgan fingerprint density at radius 3 is 2.19 bits per heavy atom. The first-order chi connectivity index (χ1) is 10.2. The molecule has 0 fully saturated rings. The minimum Gasteiger partial charge on any atom is -0.380 e. The molecule has 0 saturated carbocycles. The molecule has 4 heteroatoms. The van der Waals surface area contributed by atoms with Gasteiger partial charge in [0.2, 0.25) is 0 Å². The first-order valence-electron chi connectivity index (χ1n) is 7.89. The quantitative estimate of drug-likeness (QED) is 0.637. The molecule has 1 atom stereocenters. The van der Waals surface area contributed by atoms with Crippen LogP contribution in [0, 0.1) is 6.92 Å². The van der Waals surface area contributed by atoms with Crippen LogP contribution >= 0.6 is 0 Å². The highest BCUT2D eigenvalue weighted by Gasteiger charge is 2.18. The average Bonchev–Trinajstić information content (AvgIpc) is 2.48. The van der Waals surface area contributed by atoms with E-state index in [0.29, 0.717) is 6.54 Å². The normalized spacial score (nSPS) is 12.8. The van der Waals surface area contributed by atoms with E-state index in [1.54, 1.807) is 0 Å². The third-order valence-corrected chi connectivity index (χ3v) is 3.54. The first-order valence-corrected chi connectivity index (χ1v) is 7.89. The lowest BCUT2D eigenvalue weighted by Gasteiger charge is -2.31. The fourth-order valence-corrected chi connectivity index (χ4v) is 2.45. The summed E-state index contributed by atoms with van der Waals surface area (Å²) in [7, 11) is 0. The van der Waals surface area contributed by atoms with Crippen molar-refractivity contribution in [1.29, 1.82) is 0 Å². The molecule has 0 amide bonds. The fraction of sp³-hybridized carbons (Fsp3) is 0.647. The molecule has 1 rings (SSSR count). The Hall–Kier alpha value is -0.940. The summed E-state index contributed by atoms with van der Waals surface area (Å²) in [6, 6.07) is 8.79. The third-order valence-electron chi connectivity index (χ3n) is 3.54. The van der Waals surface area contributed by atoms with Crippen LogP contribution < -0.4 is 5.73 Å². The molecule has 2 N–H and O–H groups in total. The van der Waals surface area contributed by atoms with Crippen molar-refractivity contribution in [1.82, 2.24) is 4.90 Å². The summed E-state index contributed by atoms with van der Waals surface area (Å²) in [5.41, 5.74) is 8.57. The van der Waals surface area contributed by atoms with Crippen molar-refractivity contribution in [2.75, 3.05) is 46.1 Å². The van der Waals surface area contributed by atoms with E-state index < -0.39 is 0 Å². The average molecular weight is 294 g/mol. The van der Waals surface area contributed by atoms with E-state index in [1.807, 2.05) is 13.8 Å². The zero-order valence-corrected chi connectivity index (χ0v) is 13.7. The second-order valence-corrected chi connectivity index (χ2v) is 5.10. The smallest absolute Gasteiger partial charge is 0.0593 e. The highest BCUT2D eigenvalue weighted by atomic mass is 16.5. The van der Waals surface area contributed by atoms with Gasteiger partial charge >= 0.3 is 0 Å². The van der Waals surface area contributed by atoms with Crippen LogP contribution in [0.5, 0.6) is 0 Å². The summed E-state index contributed by atoms with van der Waals surface area (Å²) in [6.07, 6.45) is 0. The van der Waals surface area contributed by atoms with E-state index in [9.17, 15) is 0 Å². The van der Waals surface area contributed by atoms with Gasteiger partial charge in [0.15, 0.2) is 0 Å².